The fourth-order valence-electron chi connectivity index (χ4n) is 6.58. The van der Waals surface area contributed by atoms with Crippen molar-refractivity contribution in [2.45, 2.75) is 75.3 Å². The first-order valence-electron chi connectivity index (χ1n) is 13.7. The molecule has 0 radical (unpaired) electrons. The van der Waals surface area contributed by atoms with Crippen LogP contribution in [-0.4, -0.2) is 48.5 Å². The van der Waals surface area contributed by atoms with E-state index >= 15 is 0 Å². The molecule has 2 aliphatic carbocycles. The molecule has 1 saturated heterocycles. The quantitative estimate of drug-likeness (QED) is 0.368. The number of nitrogens with zero attached hydrogens (tertiary/aromatic N) is 5. The number of aromatic nitrogens is 5. The van der Waals surface area contributed by atoms with Gasteiger partial charge in [0, 0.05) is 47.8 Å². The van der Waals surface area contributed by atoms with Gasteiger partial charge in [-0.3, -0.25) is 14.3 Å². The number of rotatable bonds is 7. The summed E-state index contributed by atoms with van der Waals surface area (Å²) in [5, 5.41) is 9.35. The van der Waals surface area contributed by atoms with Crippen LogP contribution >= 0.6 is 0 Å². The summed E-state index contributed by atoms with van der Waals surface area (Å²) in [6, 6.07) is 9.71. The van der Waals surface area contributed by atoms with Crippen molar-refractivity contribution in [1.29, 1.82) is 0 Å². The molecule has 0 unspecified atom stereocenters. The Hall–Kier alpha value is -3.33. The molecule has 0 amide bonds. The zero-order valence-corrected chi connectivity index (χ0v) is 21.4. The number of H-pyrrole nitrogens is 1. The van der Waals surface area contributed by atoms with E-state index in [4.69, 9.17) is 0 Å². The fourth-order valence-corrected chi connectivity index (χ4v) is 6.58. The molecule has 1 N–H and O–H groups in total. The van der Waals surface area contributed by atoms with Crippen LogP contribution in [0.2, 0.25) is 0 Å². The first kappa shape index (κ1) is 23.8. The van der Waals surface area contributed by atoms with Crippen LogP contribution in [-0.2, 0) is 18.5 Å². The van der Waals surface area contributed by atoms with Gasteiger partial charge in [-0.2, -0.15) is 15.0 Å². The van der Waals surface area contributed by atoms with Crippen LogP contribution in [0.3, 0.4) is 0 Å². The second-order valence-electron chi connectivity index (χ2n) is 11.6. The molecule has 3 fully saturated rings. The van der Waals surface area contributed by atoms with Crippen LogP contribution < -0.4 is 5.56 Å². The SMILES string of the molecule is O=c1c2[nH]c(CN3CCCCC3)cc2c(C2CC2)cn1-c1cccc(C2(Cn3nccn3)CC(F)(F)C2)c1. The standard InChI is InChI=1S/C29H32F2N6O/c30-29(31)17-28(18-29,19-37-32-9-10-33-37)21-5-4-6-23(13-21)36-16-25(20-7-8-20)24-14-22(34-26(24)27(36)38)15-35-11-2-1-3-12-35/h4-6,9-10,13-14,16,20,34H,1-3,7-8,11-12,15,17-19H2. The molecule has 0 spiro atoms. The lowest BCUT2D eigenvalue weighted by atomic mass is 9.62. The molecule has 7 rings (SSSR count). The summed E-state index contributed by atoms with van der Waals surface area (Å²) in [7, 11) is 0. The largest absolute Gasteiger partial charge is 0.353 e. The van der Waals surface area contributed by atoms with Crippen LogP contribution in [0.15, 0.2) is 53.7 Å². The maximum atomic E-state index is 14.2. The molecule has 4 heterocycles. The highest BCUT2D eigenvalue weighted by Crippen LogP contribution is 2.54. The predicted octanol–water partition coefficient (Wildman–Crippen LogP) is 5.14. The van der Waals surface area contributed by atoms with E-state index < -0.39 is 11.3 Å². The van der Waals surface area contributed by atoms with E-state index in [1.807, 2.05) is 30.5 Å². The first-order valence-corrected chi connectivity index (χ1v) is 13.7. The van der Waals surface area contributed by atoms with Gasteiger partial charge in [0.2, 0.25) is 5.92 Å². The number of alkyl halides is 2. The van der Waals surface area contributed by atoms with Crippen LogP contribution in [0.1, 0.15) is 67.7 Å². The number of benzene rings is 1. The number of hydrogen-bond acceptors (Lipinski definition) is 4. The van der Waals surface area contributed by atoms with Crippen LogP contribution in [0.4, 0.5) is 8.78 Å². The summed E-state index contributed by atoms with van der Waals surface area (Å²) in [6.45, 7) is 3.29. The van der Waals surface area contributed by atoms with Gasteiger partial charge in [0.1, 0.15) is 5.52 Å². The minimum Gasteiger partial charge on any atom is -0.353 e. The number of likely N-dealkylation sites (tertiary alicyclic amines) is 1. The number of fused-ring (bicyclic) bond motifs is 1. The summed E-state index contributed by atoms with van der Waals surface area (Å²) >= 11 is 0. The van der Waals surface area contributed by atoms with Gasteiger partial charge in [-0.05, 0) is 74.0 Å². The molecule has 9 heteroatoms. The molecular formula is C29H32F2N6O. The molecule has 7 nitrogen and oxygen atoms in total. The van der Waals surface area contributed by atoms with Gasteiger partial charge in [0.05, 0.1) is 18.9 Å². The third-order valence-electron chi connectivity index (χ3n) is 8.59. The molecule has 0 atom stereocenters. The van der Waals surface area contributed by atoms with Crippen molar-refractivity contribution < 1.29 is 8.78 Å². The molecule has 3 aliphatic rings. The minimum atomic E-state index is -2.72. The van der Waals surface area contributed by atoms with E-state index in [1.165, 1.54) is 29.6 Å². The summed E-state index contributed by atoms with van der Waals surface area (Å²) < 4.78 is 30.1. The Bertz CT molecular complexity index is 1520. The smallest absolute Gasteiger partial charge is 0.279 e. The van der Waals surface area contributed by atoms with Crippen molar-refractivity contribution in [1.82, 2.24) is 29.4 Å². The van der Waals surface area contributed by atoms with Crippen LogP contribution in [0.5, 0.6) is 0 Å². The molecule has 1 aliphatic heterocycles. The Balaban J connectivity index is 1.28. The second kappa shape index (κ2) is 8.86. The molecular weight excluding hydrogens is 486 g/mol. The van der Waals surface area contributed by atoms with E-state index in [2.05, 4.69) is 26.1 Å². The van der Waals surface area contributed by atoms with Gasteiger partial charge in [-0.25, -0.2) is 8.78 Å². The Morgan fingerprint density at radius 1 is 1.03 bits per heavy atom. The number of hydrogen-bond donors (Lipinski definition) is 1. The summed E-state index contributed by atoms with van der Waals surface area (Å²) in [5.41, 5.74) is 3.51. The number of aromatic amines is 1. The third kappa shape index (κ3) is 4.26. The average molecular weight is 519 g/mol. The van der Waals surface area contributed by atoms with Crippen LogP contribution in [0, 0.1) is 0 Å². The Kier molecular flexibility index (Phi) is 5.54. The second-order valence-corrected chi connectivity index (χ2v) is 11.6. The van der Waals surface area contributed by atoms with Gasteiger partial charge in [0.15, 0.2) is 0 Å². The molecule has 198 valence electrons. The highest BCUT2D eigenvalue weighted by atomic mass is 19.3. The zero-order valence-electron chi connectivity index (χ0n) is 21.4. The Labute approximate surface area is 219 Å². The van der Waals surface area contributed by atoms with Gasteiger partial charge >= 0.3 is 0 Å². The molecule has 1 aromatic carbocycles. The maximum absolute atomic E-state index is 14.2. The van der Waals surface area contributed by atoms with Gasteiger partial charge < -0.3 is 4.98 Å². The summed E-state index contributed by atoms with van der Waals surface area (Å²) in [6.07, 6.45) is 10.6. The fraction of sp³-hybridized carbons (Fsp3) is 0.483. The highest BCUT2D eigenvalue weighted by molar-refractivity contribution is 5.84. The van der Waals surface area contributed by atoms with Crippen molar-refractivity contribution in [2.75, 3.05) is 13.1 Å². The van der Waals surface area contributed by atoms with Crippen molar-refractivity contribution in [3.63, 3.8) is 0 Å². The van der Waals surface area contributed by atoms with Crippen molar-refractivity contribution >= 4 is 10.9 Å². The average Bonchev–Trinajstić information content (AvgIpc) is 3.44. The van der Waals surface area contributed by atoms with Gasteiger partial charge in [-0.15, -0.1) is 0 Å². The van der Waals surface area contributed by atoms with E-state index in [9.17, 15) is 13.6 Å². The normalized spacial score (nSPS) is 21.0. The number of nitrogens with one attached hydrogen (secondary N) is 1. The van der Waals surface area contributed by atoms with Gasteiger partial charge in [0.25, 0.3) is 5.56 Å². The molecule has 4 aromatic rings. The number of piperidine rings is 1. The zero-order chi connectivity index (χ0) is 25.9. The van der Waals surface area contributed by atoms with Crippen molar-refractivity contribution in [3.8, 4) is 5.69 Å². The van der Waals surface area contributed by atoms with Gasteiger partial charge in [-0.1, -0.05) is 18.6 Å². The number of pyridine rings is 1. The van der Waals surface area contributed by atoms with Crippen LogP contribution in [0.25, 0.3) is 16.6 Å². The Morgan fingerprint density at radius 2 is 1.79 bits per heavy atom. The molecule has 3 aromatic heterocycles. The third-order valence-corrected chi connectivity index (χ3v) is 8.59. The topological polar surface area (TPSA) is 71.7 Å². The first-order chi connectivity index (χ1) is 18.4. The highest BCUT2D eigenvalue weighted by Gasteiger charge is 2.57. The lowest BCUT2D eigenvalue weighted by Crippen LogP contribution is -2.52. The lowest BCUT2D eigenvalue weighted by Gasteiger charge is -2.47. The van der Waals surface area contributed by atoms with E-state index in [-0.39, 0.29) is 24.9 Å². The lowest BCUT2D eigenvalue weighted by molar-refractivity contribution is -0.133. The van der Waals surface area contributed by atoms with E-state index in [1.54, 1.807) is 17.0 Å². The van der Waals surface area contributed by atoms with E-state index in [0.29, 0.717) is 17.1 Å². The summed E-state index contributed by atoms with van der Waals surface area (Å²) in [5.74, 6) is -2.26. The van der Waals surface area contributed by atoms with Crippen molar-refractivity contribution in [2.24, 2.45) is 0 Å². The van der Waals surface area contributed by atoms with E-state index in [0.717, 1.165) is 49.1 Å². The van der Waals surface area contributed by atoms with Crippen molar-refractivity contribution in [3.05, 3.63) is 76.1 Å². The maximum Gasteiger partial charge on any atom is 0.279 e. The number of halogens is 2. The molecule has 38 heavy (non-hydrogen) atoms. The molecule has 0 bridgehead atoms. The summed E-state index contributed by atoms with van der Waals surface area (Å²) in [4.78, 5) is 21.2. The minimum absolute atomic E-state index is 0.104. The Morgan fingerprint density at radius 3 is 2.50 bits per heavy atom. The predicted molar refractivity (Wildman–Crippen MR) is 141 cm³/mol. The molecule has 2 saturated carbocycles. The monoisotopic (exact) mass is 518 g/mol.